The van der Waals surface area contributed by atoms with Crippen LogP contribution in [0.5, 0.6) is 0 Å². The number of carbonyl (C=O) groups is 1. The lowest BCUT2D eigenvalue weighted by Gasteiger charge is -2.40. The summed E-state index contributed by atoms with van der Waals surface area (Å²) in [5.41, 5.74) is 4.77. The number of hydrogen-bond acceptors (Lipinski definition) is 6. The Morgan fingerprint density at radius 2 is 1.74 bits per heavy atom. The number of fused-ring (bicyclic) bond motifs is 3. The van der Waals surface area contributed by atoms with Crippen LogP contribution in [0.2, 0.25) is 5.02 Å². The van der Waals surface area contributed by atoms with E-state index in [4.69, 9.17) is 16.0 Å². The van der Waals surface area contributed by atoms with Crippen LogP contribution in [0, 0.1) is 12.8 Å². The van der Waals surface area contributed by atoms with Crippen molar-refractivity contribution >= 4 is 51.1 Å². The molecule has 2 aromatic carbocycles. The van der Waals surface area contributed by atoms with Gasteiger partial charge in [0.05, 0.1) is 0 Å². The van der Waals surface area contributed by atoms with Gasteiger partial charge in [-0.15, -0.1) is 0 Å². The van der Waals surface area contributed by atoms with E-state index >= 15 is 0 Å². The second-order valence-corrected chi connectivity index (χ2v) is 9.91. The summed E-state index contributed by atoms with van der Waals surface area (Å²) in [5.74, 6) is 1.16. The van der Waals surface area contributed by atoms with Gasteiger partial charge in [0, 0.05) is 61.3 Å². The molecule has 0 aliphatic carbocycles. The molecule has 1 amide bonds. The number of piperidine rings is 1. The Morgan fingerprint density at radius 1 is 0.971 bits per heavy atom. The van der Waals surface area contributed by atoms with Gasteiger partial charge in [-0.1, -0.05) is 29.8 Å². The Hall–Kier alpha value is -3.32. The standard InChI is InChI=1S/C27H28ClN5O2/c1-18-6-7-20(28)16-22(18)31-12-14-33(15-13-31)27(34)19-8-10-32(11-9-19)26-25-24(29-17-30-26)21-4-2-3-5-23(21)35-25/h2-7,16-17,19H,8-15H2,1H3. The van der Waals surface area contributed by atoms with Crippen LogP contribution in [0.3, 0.4) is 0 Å². The molecule has 6 rings (SSSR count). The van der Waals surface area contributed by atoms with Crippen molar-refractivity contribution in [2.24, 2.45) is 5.92 Å². The van der Waals surface area contributed by atoms with Crippen LogP contribution in [-0.2, 0) is 4.79 Å². The van der Waals surface area contributed by atoms with Gasteiger partial charge >= 0.3 is 0 Å². The number of hydrogen-bond donors (Lipinski definition) is 0. The van der Waals surface area contributed by atoms with E-state index in [-0.39, 0.29) is 11.8 Å². The van der Waals surface area contributed by atoms with Crippen molar-refractivity contribution in [3.05, 3.63) is 59.4 Å². The number of amides is 1. The molecule has 0 bridgehead atoms. The first-order valence-corrected chi connectivity index (χ1v) is 12.6. The number of halogens is 1. The highest BCUT2D eigenvalue weighted by molar-refractivity contribution is 6.30. The maximum absolute atomic E-state index is 13.3. The van der Waals surface area contributed by atoms with Crippen LogP contribution in [0.4, 0.5) is 11.5 Å². The Morgan fingerprint density at radius 3 is 2.54 bits per heavy atom. The fourth-order valence-corrected chi connectivity index (χ4v) is 5.59. The molecule has 2 aromatic heterocycles. The maximum atomic E-state index is 13.3. The molecule has 0 N–H and O–H groups in total. The minimum Gasteiger partial charge on any atom is -0.450 e. The number of benzene rings is 2. The average molecular weight is 490 g/mol. The van der Waals surface area contributed by atoms with Crippen molar-refractivity contribution in [1.29, 1.82) is 0 Å². The predicted molar refractivity (Wildman–Crippen MR) is 139 cm³/mol. The van der Waals surface area contributed by atoms with Crippen LogP contribution >= 0.6 is 11.6 Å². The predicted octanol–water partition coefficient (Wildman–Crippen LogP) is 4.90. The second-order valence-electron chi connectivity index (χ2n) is 9.48. The normalized spacial score (nSPS) is 17.5. The minimum absolute atomic E-state index is 0.0544. The van der Waals surface area contributed by atoms with Crippen molar-refractivity contribution in [3.63, 3.8) is 0 Å². The van der Waals surface area contributed by atoms with Crippen molar-refractivity contribution in [2.75, 3.05) is 49.1 Å². The fourth-order valence-electron chi connectivity index (χ4n) is 5.42. The smallest absolute Gasteiger partial charge is 0.225 e. The Bertz CT molecular complexity index is 1390. The third-order valence-electron chi connectivity index (χ3n) is 7.39. The van der Waals surface area contributed by atoms with Crippen LogP contribution in [0.25, 0.3) is 22.1 Å². The molecular weight excluding hydrogens is 462 g/mol. The number of nitrogens with zero attached hydrogens (tertiary/aromatic N) is 5. The van der Waals surface area contributed by atoms with Gasteiger partial charge in [-0.3, -0.25) is 4.79 Å². The molecule has 0 unspecified atom stereocenters. The molecular formula is C27H28ClN5O2. The topological polar surface area (TPSA) is 65.7 Å². The molecule has 8 heteroatoms. The summed E-state index contributed by atoms with van der Waals surface area (Å²) in [5, 5.41) is 1.75. The monoisotopic (exact) mass is 489 g/mol. The van der Waals surface area contributed by atoms with Crippen LogP contribution in [-0.4, -0.2) is 60.0 Å². The molecule has 0 atom stereocenters. The Balaban J connectivity index is 1.10. The molecule has 0 saturated carbocycles. The number of anilines is 2. The number of para-hydroxylation sites is 1. The van der Waals surface area contributed by atoms with E-state index in [1.54, 1.807) is 6.33 Å². The average Bonchev–Trinajstić information content (AvgIpc) is 3.29. The lowest BCUT2D eigenvalue weighted by Crippen LogP contribution is -2.52. The Kier molecular flexibility index (Phi) is 5.72. The molecule has 2 fully saturated rings. The first-order chi connectivity index (χ1) is 17.1. The number of aromatic nitrogens is 2. The molecule has 0 spiro atoms. The van der Waals surface area contributed by atoms with E-state index < -0.39 is 0 Å². The third kappa shape index (κ3) is 4.08. The quantitative estimate of drug-likeness (QED) is 0.407. The molecule has 4 heterocycles. The van der Waals surface area contributed by atoms with Crippen LogP contribution < -0.4 is 9.80 Å². The first-order valence-electron chi connectivity index (χ1n) is 12.3. The molecule has 2 saturated heterocycles. The van der Waals surface area contributed by atoms with E-state index in [9.17, 15) is 4.79 Å². The number of aryl methyl sites for hydroxylation is 1. The van der Waals surface area contributed by atoms with Gasteiger partial charge in [0.15, 0.2) is 11.4 Å². The van der Waals surface area contributed by atoms with Crippen LogP contribution in [0.1, 0.15) is 18.4 Å². The number of furan rings is 1. The van der Waals surface area contributed by atoms with Gasteiger partial charge in [0.2, 0.25) is 5.91 Å². The summed E-state index contributed by atoms with van der Waals surface area (Å²) in [4.78, 5) is 28.9. The fraction of sp³-hybridized carbons (Fsp3) is 0.370. The van der Waals surface area contributed by atoms with Crippen molar-refractivity contribution in [1.82, 2.24) is 14.9 Å². The van der Waals surface area contributed by atoms with E-state index in [1.165, 1.54) is 11.3 Å². The molecule has 35 heavy (non-hydrogen) atoms. The molecule has 2 aliphatic heterocycles. The summed E-state index contributed by atoms with van der Waals surface area (Å²) in [6, 6.07) is 13.9. The van der Waals surface area contributed by atoms with Crippen molar-refractivity contribution in [2.45, 2.75) is 19.8 Å². The minimum atomic E-state index is 0.0544. The van der Waals surface area contributed by atoms with Crippen LogP contribution in [0.15, 0.2) is 53.2 Å². The number of rotatable bonds is 3. The lowest BCUT2D eigenvalue weighted by atomic mass is 9.95. The molecule has 2 aliphatic rings. The molecule has 180 valence electrons. The maximum Gasteiger partial charge on any atom is 0.225 e. The Labute approximate surface area is 209 Å². The third-order valence-corrected chi connectivity index (χ3v) is 7.62. The van der Waals surface area contributed by atoms with E-state index in [0.717, 1.165) is 85.0 Å². The zero-order chi connectivity index (χ0) is 23.9. The summed E-state index contributed by atoms with van der Waals surface area (Å²) in [6.45, 7) is 6.82. The SMILES string of the molecule is Cc1ccc(Cl)cc1N1CCN(C(=O)C2CCN(c3ncnc4c3oc3ccccc34)CC2)CC1. The highest BCUT2D eigenvalue weighted by Crippen LogP contribution is 2.34. The van der Waals surface area contributed by atoms with Gasteiger partial charge < -0.3 is 19.1 Å². The van der Waals surface area contributed by atoms with Gasteiger partial charge in [-0.2, -0.15) is 0 Å². The first kappa shape index (κ1) is 22.2. The molecule has 0 radical (unpaired) electrons. The van der Waals surface area contributed by atoms with Crippen molar-refractivity contribution < 1.29 is 9.21 Å². The van der Waals surface area contributed by atoms with Crippen molar-refractivity contribution in [3.8, 4) is 0 Å². The van der Waals surface area contributed by atoms with Gasteiger partial charge in [0.25, 0.3) is 0 Å². The van der Waals surface area contributed by atoms with Gasteiger partial charge in [-0.25, -0.2) is 9.97 Å². The highest BCUT2D eigenvalue weighted by Gasteiger charge is 2.32. The van der Waals surface area contributed by atoms with E-state index in [0.29, 0.717) is 0 Å². The number of piperazine rings is 1. The molecule has 4 aromatic rings. The summed E-state index contributed by atoms with van der Waals surface area (Å²) < 4.78 is 6.11. The highest BCUT2D eigenvalue weighted by atomic mass is 35.5. The summed E-state index contributed by atoms with van der Waals surface area (Å²) >= 11 is 6.22. The summed E-state index contributed by atoms with van der Waals surface area (Å²) in [6.07, 6.45) is 3.24. The van der Waals surface area contributed by atoms with Gasteiger partial charge in [0.1, 0.15) is 17.4 Å². The van der Waals surface area contributed by atoms with E-state index in [2.05, 4.69) is 32.8 Å². The zero-order valence-electron chi connectivity index (χ0n) is 19.8. The largest absolute Gasteiger partial charge is 0.450 e. The molecule has 7 nitrogen and oxygen atoms in total. The number of carbonyl (C=O) groups excluding carboxylic acids is 1. The lowest BCUT2D eigenvalue weighted by molar-refractivity contribution is -0.136. The van der Waals surface area contributed by atoms with E-state index in [1.807, 2.05) is 41.3 Å². The summed E-state index contributed by atoms with van der Waals surface area (Å²) in [7, 11) is 0. The van der Waals surface area contributed by atoms with Gasteiger partial charge in [-0.05, 0) is 49.6 Å². The zero-order valence-corrected chi connectivity index (χ0v) is 20.5. The second kappa shape index (κ2) is 9.04.